The van der Waals surface area contributed by atoms with Gasteiger partial charge < -0.3 is 20.1 Å². The first-order chi connectivity index (χ1) is 10.1. The summed E-state index contributed by atoms with van der Waals surface area (Å²) in [4.78, 5) is 19.7. The maximum absolute atomic E-state index is 11.6. The zero-order chi connectivity index (χ0) is 15.7. The van der Waals surface area contributed by atoms with Gasteiger partial charge >= 0.3 is 0 Å². The normalized spacial score (nSPS) is 10.5. The lowest BCUT2D eigenvalue weighted by Gasteiger charge is -2.12. The van der Waals surface area contributed by atoms with Gasteiger partial charge in [-0.25, -0.2) is 9.97 Å². The molecule has 0 fully saturated rings. The Balaban J connectivity index is 2.40. The Morgan fingerprint density at radius 3 is 2.38 bits per heavy atom. The van der Waals surface area contributed by atoms with Gasteiger partial charge in [-0.1, -0.05) is 13.8 Å². The molecule has 1 aromatic rings. The van der Waals surface area contributed by atoms with Crippen molar-refractivity contribution in [3.05, 3.63) is 11.9 Å². The van der Waals surface area contributed by atoms with Gasteiger partial charge in [-0.05, 0) is 5.92 Å². The second-order valence-electron chi connectivity index (χ2n) is 5.00. The van der Waals surface area contributed by atoms with Crippen LogP contribution < -0.4 is 20.1 Å². The lowest BCUT2D eigenvalue weighted by atomic mass is 10.2. The Bertz CT molecular complexity index is 430. The van der Waals surface area contributed by atoms with E-state index < -0.39 is 0 Å². The molecule has 1 amide bonds. The predicted octanol–water partition coefficient (Wildman–Crippen LogP) is 0.746. The van der Waals surface area contributed by atoms with E-state index in [-0.39, 0.29) is 5.91 Å². The number of amides is 1. The van der Waals surface area contributed by atoms with E-state index in [1.54, 1.807) is 14.2 Å². The van der Waals surface area contributed by atoms with Crippen molar-refractivity contribution in [2.24, 2.45) is 5.92 Å². The number of carbonyl (C=O) groups excluding carboxylic acids is 1. The van der Waals surface area contributed by atoms with Gasteiger partial charge in [0, 0.05) is 26.1 Å². The van der Waals surface area contributed by atoms with Crippen molar-refractivity contribution in [2.75, 3.05) is 27.3 Å². The number of nitrogens with one attached hydrogen (secondary N) is 2. The minimum absolute atomic E-state index is 0.0411. The van der Waals surface area contributed by atoms with E-state index in [0.29, 0.717) is 43.7 Å². The van der Waals surface area contributed by atoms with E-state index in [1.807, 2.05) is 0 Å². The first-order valence-electron chi connectivity index (χ1n) is 6.97. The van der Waals surface area contributed by atoms with E-state index in [0.717, 1.165) is 5.56 Å². The molecule has 0 bridgehead atoms. The fourth-order valence-corrected chi connectivity index (χ4v) is 1.71. The zero-order valence-electron chi connectivity index (χ0n) is 13.1. The van der Waals surface area contributed by atoms with Crippen LogP contribution >= 0.6 is 0 Å². The van der Waals surface area contributed by atoms with Gasteiger partial charge in [-0.15, -0.1) is 0 Å². The molecule has 0 atom stereocenters. The molecule has 7 nitrogen and oxygen atoms in total. The van der Waals surface area contributed by atoms with Gasteiger partial charge in [-0.3, -0.25) is 4.79 Å². The summed E-state index contributed by atoms with van der Waals surface area (Å²) < 4.78 is 10.4. The van der Waals surface area contributed by atoms with Crippen LogP contribution in [0.15, 0.2) is 6.33 Å². The molecule has 0 aliphatic rings. The van der Waals surface area contributed by atoms with E-state index in [2.05, 4.69) is 34.4 Å². The van der Waals surface area contributed by atoms with Gasteiger partial charge in [-0.2, -0.15) is 0 Å². The Labute approximate surface area is 125 Å². The summed E-state index contributed by atoms with van der Waals surface area (Å²) in [6.07, 6.45) is 1.81. The summed E-state index contributed by atoms with van der Waals surface area (Å²) in [6.45, 7) is 5.86. The number of ether oxygens (including phenoxy) is 2. The van der Waals surface area contributed by atoms with Crippen LogP contribution in [-0.2, 0) is 11.3 Å². The lowest BCUT2D eigenvalue weighted by molar-refractivity contribution is -0.121. The van der Waals surface area contributed by atoms with Gasteiger partial charge in [0.1, 0.15) is 6.33 Å². The van der Waals surface area contributed by atoms with Gasteiger partial charge in [0.05, 0.1) is 19.8 Å². The van der Waals surface area contributed by atoms with Crippen LogP contribution in [0, 0.1) is 5.92 Å². The number of carbonyl (C=O) groups is 1. The molecule has 0 aromatic carbocycles. The van der Waals surface area contributed by atoms with Crippen LogP contribution in [0.2, 0.25) is 0 Å². The minimum Gasteiger partial charge on any atom is -0.481 e. The number of nitrogens with zero attached hydrogens (tertiary/aromatic N) is 2. The SMILES string of the molecule is COc1ncnc(OC)c1CNCCC(=O)NCC(C)C. The zero-order valence-corrected chi connectivity index (χ0v) is 13.1. The van der Waals surface area contributed by atoms with Crippen molar-refractivity contribution in [1.29, 1.82) is 0 Å². The average Bonchev–Trinajstić information content (AvgIpc) is 2.49. The Morgan fingerprint density at radius 2 is 1.86 bits per heavy atom. The van der Waals surface area contributed by atoms with E-state index >= 15 is 0 Å². The van der Waals surface area contributed by atoms with Crippen molar-refractivity contribution < 1.29 is 14.3 Å². The fraction of sp³-hybridized carbons (Fsp3) is 0.643. The Hall–Kier alpha value is -1.89. The lowest BCUT2D eigenvalue weighted by Crippen LogP contribution is -2.30. The Kier molecular flexibility index (Phi) is 7.45. The summed E-state index contributed by atoms with van der Waals surface area (Å²) >= 11 is 0. The maximum Gasteiger partial charge on any atom is 0.224 e. The largest absolute Gasteiger partial charge is 0.481 e. The summed E-state index contributed by atoms with van der Waals surface area (Å²) in [7, 11) is 3.09. The van der Waals surface area contributed by atoms with E-state index in [9.17, 15) is 4.79 Å². The second-order valence-corrected chi connectivity index (χ2v) is 5.00. The van der Waals surface area contributed by atoms with Crippen molar-refractivity contribution in [3.63, 3.8) is 0 Å². The molecule has 0 saturated heterocycles. The highest BCUT2D eigenvalue weighted by molar-refractivity contribution is 5.76. The molecule has 21 heavy (non-hydrogen) atoms. The van der Waals surface area contributed by atoms with Crippen molar-refractivity contribution in [1.82, 2.24) is 20.6 Å². The van der Waals surface area contributed by atoms with Gasteiger partial charge in [0.2, 0.25) is 17.7 Å². The molecule has 1 aromatic heterocycles. The van der Waals surface area contributed by atoms with Crippen molar-refractivity contribution in [2.45, 2.75) is 26.8 Å². The van der Waals surface area contributed by atoms with Crippen LogP contribution in [-0.4, -0.2) is 43.2 Å². The molecule has 2 N–H and O–H groups in total. The molecular formula is C14H24N4O3. The first kappa shape index (κ1) is 17.2. The molecule has 7 heteroatoms. The highest BCUT2D eigenvalue weighted by atomic mass is 16.5. The van der Waals surface area contributed by atoms with Crippen LogP contribution in [0.4, 0.5) is 0 Å². The Morgan fingerprint density at radius 1 is 1.24 bits per heavy atom. The molecule has 0 radical (unpaired) electrons. The topological polar surface area (TPSA) is 85.4 Å². The molecule has 0 saturated carbocycles. The predicted molar refractivity (Wildman–Crippen MR) is 79.3 cm³/mol. The monoisotopic (exact) mass is 296 g/mol. The van der Waals surface area contributed by atoms with Gasteiger partial charge in [0.25, 0.3) is 0 Å². The van der Waals surface area contributed by atoms with Crippen molar-refractivity contribution in [3.8, 4) is 11.8 Å². The number of aromatic nitrogens is 2. The molecule has 0 unspecified atom stereocenters. The summed E-state index contributed by atoms with van der Waals surface area (Å²) in [5, 5.41) is 6.04. The molecule has 0 aliphatic carbocycles. The highest BCUT2D eigenvalue weighted by Crippen LogP contribution is 2.22. The molecule has 0 spiro atoms. The van der Waals surface area contributed by atoms with Crippen LogP contribution in [0.5, 0.6) is 11.8 Å². The molecule has 1 heterocycles. The molecule has 0 aliphatic heterocycles. The second kappa shape index (κ2) is 9.12. The standard InChI is InChI=1S/C14H24N4O3/c1-10(2)7-16-12(19)5-6-15-8-11-13(20-3)17-9-18-14(11)21-4/h9-10,15H,5-8H2,1-4H3,(H,16,19). The first-order valence-corrected chi connectivity index (χ1v) is 6.97. The summed E-state index contributed by atoms with van der Waals surface area (Å²) in [5.41, 5.74) is 0.741. The number of methoxy groups -OCH3 is 2. The number of hydrogen-bond acceptors (Lipinski definition) is 6. The minimum atomic E-state index is 0.0411. The number of rotatable bonds is 9. The summed E-state index contributed by atoms with van der Waals surface area (Å²) in [6, 6.07) is 0. The quantitative estimate of drug-likeness (QED) is 0.654. The number of hydrogen-bond donors (Lipinski definition) is 2. The molecule has 118 valence electrons. The highest BCUT2D eigenvalue weighted by Gasteiger charge is 2.12. The van der Waals surface area contributed by atoms with Crippen LogP contribution in [0.1, 0.15) is 25.8 Å². The van der Waals surface area contributed by atoms with Crippen LogP contribution in [0.3, 0.4) is 0 Å². The van der Waals surface area contributed by atoms with E-state index in [1.165, 1.54) is 6.33 Å². The third-order valence-electron chi connectivity index (χ3n) is 2.79. The third kappa shape index (κ3) is 5.95. The molecular weight excluding hydrogens is 272 g/mol. The smallest absolute Gasteiger partial charge is 0.224 e. The summed E-state index contributed by atoms with van der Waals surface area (Å²) in [5.74, 6) is 1.44. The van der Waals surface area contributed by atoms with Crippen LogP contribution in [0.25, 0.3) is 0 Å². The molecule has 1 rings (SSSR count). The van der Waals surface area contributed by atoms with Gasteiger partial charge in [0.15, 0.2) is 0 Å². The average molecular weight is 296 g/mol. The third-order valence-corrected chi connectivity index (χ3v) is 2.79. The van der Waals surface area contributed by atoms with Crippen molar-refractivity contribution >= 4 is 5.91 Å². The fourth-order valence-electron chi connectivity index (χ4n) is 1.71. The maximum atomic E-state index is 11.6. The van der Waals surface area contributed by atoms with E-state index in [4.69, 9.17) is 9.47 Å².